The molecule has 0 radical (unpaired) electrons. The van der Waals surface area contributed by atoms with Crippen LogP contribution in [0.15, 0.2) is 41.6 Å². The summed E-state index contributed by atoms with van der Waals surface area (Å²) in [6.45, 7) is 0.579. The van der Waals surface area contributed by atoms with Gasteiger partial charge in [-0.3, -0.25) is 14.3 Å². The number of hydrogen-bond donors (Lipinski definition) is 1. The number of hydrogen-bond acceptors (Lipinski definition) is 6. The van der Waals surface area contributed by atoms with Gasteiger partial charge in [-0.05, 0) is 18.2 Å². The first kappa shape index (κ1) is 15.9. The predicted octanol–water partition coefficient (Wildman–Crippen LogP) is 1.32. The summed E-state index contributed by atoms with van der Waals surface area (Å²) in [6, 6.07) is 7.14. The van der Waals surface area contributed by atoms with Gasteiger partial charge in [0.2, 0.25) is 0 Å². The van der Waals surface area contributed by atoms with E-state index in [0.717, 1.165) is 5.56 Å². The van der Waals surface area contributed by atoms with Gasteiger partial charge in [0.05, 0.1) is 38.2 Å². The van der Waals surface area contributed by atoms with E-state index < -0.39 is 0 Å². The number of methoxy groups -OCH3 is 2. The highest BCUT2D eigenvalue weighted by Gasteiger charge is 2.11. The molecule has 0 unspecified atom stereocenters. The fourth-order valence-corrected chi connectivity index (χ4v) is 2.58. The van der Waals surface area contributed by atoms with Gasteiger partial charge in [-0.1, -0.05) is 0 Å². The van der Waals surface area contributed by atoms with E-state index in [2.05, 4.69) is 9.97 Å². The molecule has 7 heteroatoms. The van der Waals surface area contributed by atoms with Gasteiger partial charge in [0.25, 0.3) is 5.56 Å². The zero-order valence-corrected chi connectivity index (χ0v) is 13.5. The quantitative estimate of drug-likeness (QED) is 0.760. The van der Waals surface area contributed by atoms with Crippen molar-refractivity contribution in [3.63, 3.8) is 0 Å². The van der Waals surface area contributed by atoms with E-state index in [1.54, 1.807) is 32.5 Å². The monoisotopic (exact) mass is 326 g/mol. The topological polar surface area (TPSA) is 92.3 Å². The van der Waals surface area contributed by atoms with E-state index in [1.807, 2.05) is 12.1 Å². The van der Waals surface area contributed by atoms with E-state index in [1.165, 1.54) is 10.9 Å². The molecule has 2 N–H and O–H groups in total. The van der Waals surface area contributed by atoms with Gasteiger partial charge < -0.3 is 15.2 Å². The second-order valence-electron chi connectivity index (χ2n) is 5.21. The maximum atomic E-state index is 12.7. The lowest BCUT2D eigenvalue weighted by Crippen LogP contribution is -2.22. The minimum absolute atomic E-state index is 0.144. The molecule has 0 saturated carbocycles. The molecule has 0 atom stereocenters. The third-order valence-corrected chi connectivity index (χ3v) is 3.85. The summed E-state index contributed by atoms with van der Waals surface area (Å²) in [6.07, 6.45) is 3.08. The molecule has 7 nitrogen and oxygen atoms in total. The van der Waals surface area contributed by atoms with E-state index in [0.29, 0.717) is 34.6 Å². The highest BCUT2D eigenvalue weighted by atomic mass is 16.5. The standard InChI is InChI=1S/C17H18N4O3/c1-23-12-4-3-11(15(7-12)24-2)9-21-10-20-16-13(17(21)22)5-6-19-14(16)8-18/h3-7,10H,8-9,18H2,1-2H3. The maximum Gasteiger partial charge on any atom is 0.261 e. The summed E-state index contributed by atoms with van der Waals surface area (Å²) in [5.74, 6) is 1.34. The summed E-state index contributed by atoms with van der Waals surface area (Å²) in [7, 11) is 3.17. The molecule has 3 rings (SSSR count). The summed E-state index contributed by atoms with van der Waals surface area (Å²) in [5.41, 5.74) is 7.52. The zero-order valence-electron chi connectivity index (χ0n) is 13.5. The molecule has 0 aliphatic rings. The third-order valence-electron chi connectivity index (χ3n) is 3.85. The van der Waals surface area contributed by atoms with Crippen molar-refractivity contribution in [2.24, 2.45) is 5.73 Å². The summed E-state index contributed by atoms with van der Waals surface area (Å²) >= 11 is 0. The number of aromatic nitrogens is 3. The van der Waals surface area contributed by atoms with Crippen LogP contribution in [0.1, 0.15) is 11.3 Å². The molecule has 0 fully saturated rings. The van der Waals surface area contributed by atoms with Crippen LogP contribution in [0.2, 0.25) is 0 Å². The van der Waals surface area contributed by atoms with Crippen LogP contribution in [0.5, 0.6) is 11.5 Å². The minimum Gasteiger partial charge on any atom is -0.497 e. The van der Waals surface area contributed by atoms with E-state index in [9.17, 15) is 4.79 Å². The number of benzene rings is 1. The smallest absolute Gasteiger partial charge is 0.261 e. The minimum atomic E-state index is -0.144. The van der Waals surface area contributed by atoms with Crippen molar-refractivity contribution in [1.29, 1.82) is 0 Å². The van der Waals surface area contributed by atoms with Gasteiger partial charge in [-0.15, -0.1) is 0 Å². The van der Waals surface area contributed by atoms with Gasteiger partial charge in [0.1, 0.15) is 17.0 Å². The van der Waals surface area contributed by atoms with Crippen molar-refractivity contribution in [3.05, 3.63) is 58.4 Å². The van der Waals surface area contributed by atoms with Crippen molar-refractivity contribution in [3.8, 4) is 11.5 Å². The molecule has 1 aromatic carbocycles. The number of nitrogens with zero attached hydrogens (tertiary/aromatic N) is 3. The molecule has 0 aliphatic carbocycles. The lowest BCUT2D eigenvalue weighted by atomic mass is 10.2. The first-order valence-electron chi connectivity index (χ1n) is 7.42. The van der Waals surface area contributed by atoms with E-state index >= 15 is 0 Å². The average Bonchev–Trinajstić information content (AvgIpc) is 2.63. The second kappa shape index (κ2) is 6.67. The van der Waals surface area contributed by atoms with Gasteiger partial charge in [-0.25, -0.2) is 4.98 Å². The molecule has 0 saturated heterocycles. The molecule has 24 heavy (non-hydrogen) atoms. The number of fused-ring (bicyclic) bond motifs is 1. The molecule has 124 valence electrons. The molecule has 0 aliphatic heterocycles. The third kappa shape index (κ3) is 2.81. The predicted molar refractivity (Wildman–Crippen MR) is 90.3 cm³/mol. The first-order valence-corrected chi connectivity index (χ1v) is 7.42. The summed E-state index contributed by atoms with van der Waals surface area (Å²) in [5, 5.41) is 0.500. The van der Waals surface area contributed by atoms with E-state index in [4.69, 9.17) is 15.2 Å². The zero-order chi connectivity index (χ0) is 17.1. The molecule has 0 amide bonds. The van der Waals surface area contributed by atoms with Gasteiger partial charge in [0, 0.05) is 24.4 Å². The van der Waals surface area contributed by atoms with Crippen LogP contribution < -0.4 is 20.8 Å². The van der Waals surface area contributed by atoms with Crippen LogP contribution >= 0.6 is 0 Å². The molecular formula is C17H18N4O3. The van der Waals surface area contributed by atoms with Crippen LogP contribution in [-0.4, -0.2) is 28.8 Å². The Morgan fingerprint density at radius 3 is 2.71 bits per heavy atom. The van der Waals surface area contributed by atoms with Crippen molar-refractivity contribution in [2.75, 3.05) is 14.2 Å². The Kier molecular flexibility index (Phi) is 4.43. The Labute approximate surface area is 138 Å². The van der Waals surface area contributed by atoms with Crippen molar-refractivity contribution >= 4 is 10.9 Å². The van der Waals surface area contributed by atoms with Crippen molar-refractivity contribution < 1.29 is 9.47 Å². The number of ether oxygens (including phenoxy) is 2. The lowest BCUT2D eigenvalue weighted by Gasteiger charge is -2.12. The molecule has 0 bridgehead atoms. The van der Waals surface area contributed by atoms with Gasteiger partial charge >= 0.3 is 0 Å². The fraction of sp³-hybridized carbons (Fsp3) is 0.235. The largest absolute Gasteiger partial charge is 0.497 e. The van der Waals surface area contributed by atoms with Gasteiger partial charge in [0.15, 0.2) is 0 Å². The SMILES string of the molecule is COc1ccc(Cn2cnc3c(CN)nccc3c2=O)c(OC)c1. The molecule has 3 aromatic rings. The molecule has 0 spiro atoms. The first-order chi connectivity index (χ1) is 11.7. The number of rotatable bonds is 5. The van der Waals surface area contributed by atoms with Gasteiger partial charge in [-0.2, -0.15) is 0 Å². The Morgan fingerprint density at radius 2 is 2.00 bits per heavy atom. The summed E-state index contributed by atoms with van der Waals surface area (Å²) in [4.78, 5) is 21.2. The van der Waals surface area contributed by atoms with E-state index in [-0.39, 0.29) is 12.1 Å². The Morgan fingerprint density at radius 1 is 1.17 bits per heavy atom. The normalized spacial score (nSPS) is 10.8. The number of nitrogens with two attached hydrogens (primary N) is 1. The highest BCUT2D eigenvalue weighted by Crippen LogP contribution is 2.25. The number of pyridine rings is 1. The van der Waals surface area contributed by atoms with Crippen LogP contribution in [0.3, 0.4) is 0 Å². The van der Waals surface area contributed by atoms with Crippen molar-refractivity contribution in [2.45, 2.75) is 13.1 Å². The summed E-state index contributed by atoms with van der Waals surface area (Å²) < 4.78 is 12.1. The maximum absolute atomic E-state index is 12.7. The Bertz CT molecular complexity index is 937. The lowest BCUT2D eigenvalue weighted by molar-refractivity contribution is 0.390. The average molecular weight is 326 g/mol. The Hall–Kier alpha value is -2.93. The fourth-order valence-electron chi connectivity index (χ4n) is 2.58. The van der Waals surface area contributed by atoms with Crippen molar-refractivity contribution in [1.82, 2.24) is 14.5 Å². The van der Waals surface area contributed by atoms with Crippen LogP contribution in [0, 0.1) is 0 Å². The Balaban J connectivity index is 2.05. The molecule has 2 aromatic heterocycles. The second-order valence-corrected chi connectivity index (χ2v) is 5.21. The molecular weight excluding hydrogens is 308 g/mol. The molecule has 2 heterocycles. The van der Waals surface area contributed by atoms with Crippen LogP contribution in [0.25, 0.3) is 10.9 Å². The van der Waals surface area contributed by atoms with Crippen LogP contribution in [-0.2, 0) is 13.1 Å². The highest BCUT2D eigenvalue weighted by molar-refractivity contribution is 5.79. The van der Waals surface area contributed by atoms with Crippen LogP contribution in [0.4, 0.5) is 0 Å².